The zero-order valence-corrected chi connectivity index (χ0v) is 17.6. The third kappa shape index (κ3) is 5.79. The van der Waals surface area contributed by atoms with Gasteiger partial charge in [0.2, 0.25) is 0 Å². The van der Waals surface area contributed by atoms with Crippen molar-refractivity contribution in [2.75, 3.05) is 13.2 Å². The topological polar surface area (TPSA) is 99.4 Å². The Labute approximate surface area is 193 Å². The highest BCUT2D eigenvalue weighted by molar-refractivity contribution is 5.10. The Morgan fingerprint density at radius 1 is 0.611 bits per heavy atom. The second kappa shape index (κ2) is 10.9. The molecule has 1 saturated heterocycles. The van der Waals surface area contributed by atoms with E-state index in [1.165, 1.54) is 0 Å². The summed E-state index contributed by atoms with van der Waals surface area (Å²) in [5.74, 6) is -37.0. The number of hydrogen-bond acceptors (Lipinski definition) is 6. The number of alkyl halides is 13. The van der Waals surface area contributed by atoms with Crippen molar-refractivity contribution in [2.24, 2.45) is 0 Å². The maximum absolute atomic E-state index is 13.7. The number of hydrogen-bond donors (Lipinski definition) is 4. The van der Waals surface area contributed by atoms with Crippen LogP contribution in [0.5, 0.6) is 0 Å². The lowest BCUT2D eigenvalue weighted by Gasteiger charge is -2.40. The molecule has 1 rings (SSSR count). The molecule has 0 aliphatic carbocycles. The molecule has 0 bridgehead atoms. The summed E-state index contributed by atoms with van der Waals surface area (Å²) in [6.07, 6.45) is -20.4. The zero-order chi connectivity index (χ0) is 28.5. The molecule has 0 aromatic carbocycles. The van der Waals surface area contributed by atoms with Crippen LogP contribution in [0, 0.1) is 0 Å². The Kier molecular flexibility index (Phi) is 9.97. The molecule has 0 amide bonds. The maximum atomic E-state index is 13.7. The third-order valence-corrected chi connectivity index (χ3v) is 5.26. The lowest BCUT2D eigenvalue weighted by atomic mass is 9.91. The van der Waals surface area contributed by atoms with Crippen molar-refractivity contribution >= 4 is 0 Å². The molecule has 0 aromatic rings. The molecule has 5 atom stereocenters. The van der Waals surface area contributed by atoms with Crippen molar-refractivity contribution in [3.8, 4) is 0 Å². The minimum absolute atomic E-state index is 0.380. The monoisotopic (exact) mass is 568 g/mol. The van der Waals surface area contributed by atoms with Gasteiger partial charge in [-0.15, -0.1) is 0 Å². The molecule has 0 saturated carbocycles. The van der Waals surface area contributed by atoms with Gasteiger partial charge >= 0.3 is 35.8 Å². The van der Waals surface area contributed by atoms with Crippen LogP contribution in [0.15, 0.2) is 0 Å². The van der Waals surface area contributed by atoms with E-state index < -0.39 is 99.0 Å². The Balaban J connectivity index is 2.73. The Morgan fingerprint density at radius 2 is 1.11 bits per heavy atom. The third-order valence-electron chi connectivity index (χ3n) is 5.26. The first-order valence-corrected chi connectivity index (χ1v) is 9.89. The summed E-state index contributed by atoms with van der Waals surface area (Å²) >= 11 is 0. The van der Waals surface area contributed by atoms with E-state index in [9.17, 15) is 72.4 Å². The van der Waals surface area contributed by atoms with Gasteiger partial charge in [0.05, 0.1) is 6.61 Å². The van der Waals surface area contributed by atoms with Crippen LogP contribution in [0.1, 0.15) is 25.7 Å². The molecular weight excluding hydrogens is 547 g/mol. The summed E-state index contributed by atoms with van der Waals surface area (Å²) in [7, 11) is 0. The molecular formula is C17H21F13O6. The SMILES string of the molecule is OC[C@H]1O[C@@H](OCCCCCC(F)(F)C(F)(F)C(F)(F)C(F)(F)C(F)(F)C(F)(F)F)[C@H](O)[C@@H](O)[C@@H]1O. The lowest BCUT2D eigenvalue weighted by Crippen LogP contribution is -2.70. The molecule has 6 nitrogen and oxygen atoms in total. The van der Waals surface area contributed by atoms with Crippen molar-refractivity contribution in [1.82, 2.24) is 0 Å². The van der Waals surface area contributed by atoms with E-state index >= 15 is 0 Å². The van der Waals surface area contributed by atoms with Crippen LogP contribution in [-0.4, -0.2) is 100 Å². The van der Waals surface area contributed by atoms with Gasteiger partial charge in [0.1, 0.15) is 24.4 Å². The molecule has 1 aliphatic rings. The molecule has 36 heavy (non-hydrogen) atoms. The Hall–Kier alpha value is -1.15. The van der Waals surface area contributed by atoms with Crippen LogP contribution in [0.3, 0.4) is 0 Å². The average molecular weight is 568 g/mol. The first-order chi connectivity index (χ1) is 16.0. The smallest absolute Gasteiger partial charge is 0.394 e. The molecule has 1 aliphatic heterocycles. The van der Waals surface area contributed by atoms with E-state index in [4.69, 9.17) is 14.6 Å². The summed E-state index contributed by atoms with van der Waals surface area (Å²) in [6, 6.07) is 0. The van der Waals surface area contributed by atoms with Gasteiger partial charge in [-0.05, 0) is 12.8 Å². The average Bonchev–Trinajstić information content (AvgIpc) is 2.74. The van der Waals surface area contributed by atoms with E-state index in [1.54, 1.807) is 0 Å². The lowest BCUT2D eigenvalue weighted by molar-refractivity contribution is -0.440. The largest absolute Gasteiger partial charge is 0.460 e. The van der Waals surface area contributed by atoms with Crippen molar-refractivity contribution in [3.63, 3.8) is 0 Å². The first kappa shape index (κ1) is 32.9. The summed E-state index contributed by atoms with van der Waals surface area (Å²) < 4.78 is 179. The molecule has 0 aromatic heterocycles. The van der Waals surface area contributed by atoms with Crippen LogP contribution < -0.4 is 0 Å². The molecule has 216 valence electrons. The molecule has 1 heterocycles. The number of aliphatic hydroxyl groups is 4. The van der Waals surface area contributed by atoms with Gasteiger partial charge in [-0.25, -0.2) is 0 Å². The number of unbranched alkanes of at least 4 members (excludes halogenated alkanes) is 2. The minimum Gasteiger partial charge on any atom is -0.394 e. The molecule has 0 spiro atoms. The number of aliphatic hydroxyl groups excluding tert-OH is 4. The summed E-state index contributed by atoms with van der Waals surface area (Å²) in [4.78, 5) is 0. The van der Waals surface area contributed by atoms with Gasteiger partial charge in [0.15, 0.2) is 6.29 Å². The van der Waals surface area contributed by atoms with Gasteiger partial charge in [-0.1, -0.05) is 6.42 Å². The molecule has 4 N–H and O–H groups in total. The number of ether oxygens (including phenoxy) is 2. The van der Waals surface area contributed by atoms with Gasteiger partial charge in [-0.3, -0.25) is 0 Å². The summed E-state index contributed by atoms with van der Waals surface area (Å²) in [6.45, 7) is -1.37. The predicted molar refractivity (Wildman–Crippen MR) is 89.0 cm³/mol. The predicted octanol–water partition coefficient (Wildman–Crippen LogP) is 3.10. The van der Waals surface area contributed by atoms with Gasteiger partial charge in [0, 0.05) is 13.0 Å². The normalized spacial score (nSPS) is 27.4. The first-order valence-electron chi connectivity index (χ1n) is 9.89. The van der Waals surface area contributed by atoms with E-state index in [2.05, 4.69) is 0 Å². The van der Waals surface area contributed by atoms with Crippen LogP contribution in [0.25, 0.3) is 0 Å². The maximum Gasteiger partial charge on any atom is 0.460 e. The molecule has 0 radical (unpaired) electrons. The Morgan fingerprint density at radius 3 is 1.58 bits per heavy atom. The highest BCUT2D eigenvalue weighted by atomic mass is 19.4. The summed E-state index contributed by atoms with van der Waals surface area (Å²) in [5.41, 5.74) is 0. The van der Waals surface area contributed by atoms with Gasteiger partial charge < -0.3 is 29.9 Å². The second-order valence-corrected chi connectivity index (χ2v) is 7.88. The standard InChI is InChI=1S/C17H21F13O6/c18-12(19,13(20,21)14(22,23)15(24,25)16(26,27)17(28,29)30)4-2-1-3-5-35-11-10(34)9(33)8(32)7(6-31)36-11/h7-11,31-34H,1-6H2/t7-,8-,9+,10-,11-/m1/s1. The summed E-state index contributed by atoms with van der Waals surface area (Å²) in [5, 5.41) is 37.8. The van der Waals surface area contributed by atoms with E-state index in [-0.39, 0.29) is 6.42 Å². The number of rotatable bonds is 12. The molecule has 0 unspecified atom stereocenters. The van der Waals surface area contributed by atoms with E-state index in [1.807, 2.05) is 0 Å². The van der Waals surface area contributed by atoms with Crippen LogP contribution in [0.4, 0.5) is 57.1 Å². The van der Waals surface area contributed by atoms with Gasteiger partial charge in [0.25, 0.3) is 0 Å². The second-order valence-electron chi connectivity index (χ2n) is 7.88. The fourth-order valence-electron chi connectivity index (χ4n) is 2.99. The van der Waals surface area contributed by atoms with Crippen LogP contribution in [-0.2, 0) is 9.47 Å². The van der Waals surface area contributed by atoms with Crippen molar-refractivity contribution < 1.29 is 87.0 Å². The number of halogens is 13. The quantitative estimate of drug-likeness (QED) is 0.214. The zero-order valence-electron chi connectivity index (χ0n) is 17.6. The van der Waals surface area contributed by atoms with Crippen LogP contribution >= 0.6 is 0 Å². The van der Waals surface area contributed by atoms with E-state index in [0.29, 0.717) is 0 Å². The fraction of sp³-hybridized carbons (Fsp3) is 1.00. The molecule has 1 fully saturated rings. The van der Waals surface area contributed by atoms with E-state index in [0.717, 1.165) is 0 Å². The van der Waals surface area contributed by atoms with Crippen molar-refractivity contribution in [1.29, 1.82) is 0 Å². The van der Waals surface area contributed by atoms with Crippen LogP contribution in [0.2, 0.25) is 0 Å². The van der Waals surface area contributed by atoms with Crippen molar-refractivity contribution in [2.45, 2.75) is 92.2 Å². The molecule has 19 heteroatoms. The fourth-order valence-corrected chi connectivity index (χ4v) is 2.99. The minimum atomic E-state index is -7.94. The van der Waals surface area contributed by atoms with Crippen molar-refractivity contribution in [3.05, 3.63) is 0 Å². The highest BCUT2D eigenvalue weighted by Gasteiger charge is 2.90. The highest BCUT2D eigenvalue weighted by Crippen LogP contribution is 2.60. The Bertz CT molecular complexity index is 716. The van der Waals surface area contributed by atoms with Gasteiger partial charge in [-0.2, -0.15) is 57.1 Å².